The summed E-state index contributed by atoms with van der Waals surface area (Å²) in [5.41, 5.74) is 1.10. The van der Waals surface area contributed by atoms with E-state index in [0.717, 1.165) is 43.9 Å². The molecule has 0 bridgehead atoms. The second-order valence-corrected chi connectivity index (χ2v) is 7.73. The first-order valence-corrected chi connectivity index (χ1v) is 9.47. The van der Waals surface area contributed by atoms with Crippen LogP contribution >= 0.6 is 11.3 Å². The summed E-state index contributed by atoms with van der Waals surface area (Å²) in [6.45, 7) is 5.71. The van der Waals surface area contributed by atoms with Crippen LogP contribution in [0.3, 0.4) is 0 Å². The maximum atomic E-state index is 12.6. The Bertz CT molecular complexity index is 634. The van der Waals surface area contributed by atoms with Gasteiger partial charge in [-0.1, -0.05) is 37.3 Å². The summed E-state index contributed by atoms with van der Waals surface area (Å²) < 4.78 is 0. The molecule has 0 aliphatic carbocycles. The fraction of sp³-hybridized carbons (Fsp3) is 0.474. The quantitative estimate of drug-likeness (QED) is 0.876. The standard InChI is InChI=1S/C19H25N3OS/c1-19(18(23)21-10-7-17-20-11-14-24-17)8-12-22(13-9-19)15-16-5-3-2-4-6-16/h2-6,11,14H,7-10,12-13,15H2,1H3,(H,21,23). The van der Waals surface area contributed by atoms with E-state index in [1.165, 1.54) is 5.56 Å². The van der Waals surface area contributed by atoms with Crippen LogP contribution in [0.1, 0.15) is 30.3 Å². The number of carbonyl (C=O) groups is 1. The van der Waals surface area contributed by atoms with Crippen molar-refractivity contribution >= 4 is 17.2 Å². The highest BCUT2D eigenvalue weighted by molar-refractivity contribution is 7.09. The SMILES string of the molecule is CC1(C(=O)NCCc2nccs2)CCN(Cc2ccccc2)CC1. The Kier molecular flexibility index (Phi) is 5.63. The van der Waals surface area contributed by atoms with Crippen molar-refractivity contribution in [3.8, 4) is 0 Å². The Morgan fingerprint density at radius 3 is 2.71 bits per heavy atom. The van der Waals surface area contributed by atoms with Crippen molar-refractivity contribution < 1.29 is 4.79 Å². The molecule has 1 aromatic heterocycles. The zero-order valence-electron chi connectivity index (χ0n) is 14.2. The molecular weight excluding hydrogens is 318 g/mol. The second kappa shape index (κ2) is 7.90. The fourth-order valence-corrected chi connectivity index (χ4v) is 3.77. The van der Waals surface area contributed by atoms with Crippen molar-refractivity contribution in [3.63, 3.8) is 0 Å². The molecule has 1 fully saturated rings. The van der Waals surface area contributed by atoms with Gasteiger partial charge in [0.25, 0.3) is 0 Å². The molecule has 0 atom stereocenters. The smallest absolute Gasteiger partial charge is 0.226 e. The monoisotopic (exact) mass is 343 g/mol. The molecule has 2 heterocycles. The van der Waals surface area contributed by atoms with Gasteiger partial charge in [0.1, 0.15) is 0 Å². The van der Waals surface area contributed by atoms with E-state index < -0.39 is 0 Å². The van der Waals surface area contributed by atoms with Gasteiger partial charge in [-0.05, 0) is 31.5 Å². The number of nitrogens with one attached hydrogen (secondary N) is 1. The Hall–Kier alpha value is -1.72. The van der Waals surface area contributed by atoms with Crippen molar-refractivity contribution in [1.29, 1.82) is 0 Å². The number of nitrogens with zero attached hydrogens (tertiary/aromatic N) is 2. The van der Waals surface area contributed by atoms with Crippen molar-refractivity contribution in [1.82, 2.24) is 15.2 Å². The predicted molar refractivity (Wildman–Crippen MR) is 97.9 cm³/mol. The van der Waals surface area contributed by atoms with Crippen LogP contribution in [0.25, 0.3) is 0 Å². The van der Waals surface area contributed by atoms with Crippen molar-refractivity contribution in [2.75, 3.05) is 19.6 Å². The lowest BCUT2D eigenvalue weighted by atomic mass is 9.79. The van der Waals surface area contributed by atoms with Crippen LogP contribution in [0, 0.1) is 5.41 Å². The van der Waals surface area contributed by atoms with Crippen molar-refractivity contribution in [2.24, 2.45) is 5.41 Å². The molecule has 0 saturated carbocycles. The molecule has 3 rings (SSSR count). The minimum atomic E-state index is -0.240. The zero-order valence-corrected chi connectivity index (χ0v) is 15.0. The van der Waals surface area contributed by atoms with Crippen molar-refractivity contribution in [2.45, 2.75) is 32.7 Å². The lowest BCUT2D eigenvalue weighted by Gasteiger charge is -2.38. The number of piperidine rings is 1. The van der Waals surface area contributed by atoms with Gasteiger partial charge >= 0.3 is 0 Å². The van der Waals surface area contributed by atoms with E-state index in [0.29, 0.717) is 6.54 Å². The lowest BCUT2D eigenvalue weighted by molar-refractivity contribution is -0.132. The van der Waals surface area contributed by atoms with E-state index in [1.807, 2.05) is 17.6 Å². The van der Waals surface area contributed by atoms with E-state index in [1.54, 1.807) is 11.3 Å². The highest BCUT2D eigenvalue weighted by atomic mass is 32.1. The van der Waals surface area contributed by atoms with Gasteiger partial charge in [0.15, 0.2) is 0 Å². The predicted octanol–water partition coefficient (Wildman–Crippen LogP) is 3.10. The van der Waals surface area contributed by atoms with Crippen LogP contribution < -0.4 is 5.32 Å². The van der Waals surface area contributed by atoms with E-state index in [2.05, 4.69) is 46.4 Å². The second-order valence-electron chi connectivity index (χ2n) is 6.75. The maximum absolute atomic E-state index is 12.6. The molecule has 1 aromatic carbocycles. The molecular formula is C19H25N3OS. The highest BCUT2D eigenvalue weighted by Crippen LogP contribution is 2.31. The Morgan fingerprint density at radius 2 is 2.04 bits per heavy atom. The van der Waals surface area contributed by atoms with Gasteiger partial charge in [-0.3, -0.25) is 9.69 Å². The van der Waals surface area contributed by atoms with Gasteiger partial charge < -0.3 is 5.32 Å². The number of carbonyl (C=O) groups excluding carboxylic acids is 1. The number of benzene rings is 1. The van der Waals surface area contributed by atoms with E-state index >= 15 is 0 Å². The van der Waals surface area contributed by atoms with Gasteiger partial charge in [0.05, 0.1) is 5.01 Å². The highest BCUT2D eigenvalue weighted by Gasteiger charge is 2.36. The summed E-state index contributed by atoms with van der Waals surface area (Å²) in [6, 6.07) is 10.5. The number of rotatable bonds is 6. The van der Waals surface area contributed by atoms with E-state index in [9.17, 15) is 4.79 Å². The molecule has 5 heteroatoms. The molecule has 0 spiro atoms. The Balaban J connectivity index is 1.44. The first-order valence-electron chi connectivity index (χ1n) is 8.59. The first-order chi connectivity index (χ1) is 11.7. The third kappa shape index (κ3) is 4.42. The number of aromatic nitrogens is 1. The Morgan fingerprint density at radius 1 is 1.29 bits per heavy atom. The average Bonchev–Trinajstić information content (AvgIpc) is 3.11. The minimum absolute atomic E-state index is 0.193. The maximum Gasteiger partial charge on any atom is 0.226 e. The van der Waals surface area contributed by atoms with Gasteiger partial charge in [-0.2, -0.15) is 0 Å². The number of amides is 1. The van der Waals surface area contributed by atoms with Crippen LogP contribution in [0.15, 0.2) is 41.9 Å². The van der Waals surface area contributed by atoms with E-state index in [4.69, 9.17) is 0 Å². The van der Waals surface area contributed by atoms with Gasteiger partial charge in [0, 0.05) is 36.5 Å². The lowest BCUT2D eigenvalue weighted by Crippen LogP contribution is -2.47. The molecule has 4 nitrogen and oxygen atoms in total. The Labute approximate surface area is 147 Å². The van der Waals surface area contributed by atoms with Crippen LogP contribution in [0.2, 0.25) is 0 Å². The molecule has 1 N–H and O–H groups in total. The topological polar surface area (TPSA) is 45.2 Å². The van der Waals surface area contributed by atoms with Gasteiger partial charge in [-0.15, -0.1) is 11.3 Å². The summed E-state index contributed by atoms with van der Waals surface area (Å²) in [7, 11) is 0. The summed E-state index contributed by atoms with van der Waals surface area (Å²) in [4.78, 5) is 19.3. The van der Waals surface area contributed by atoms with Crippen LogP contribution in [0.4, 0.5) is 0 Å². The molecule has 0 radical (unpaired) electrons. The summed E-state index contributed by atoms with van der Waals surface area (Å²) in [6.07, 6.45) is 4.47. The summed E-state index contributed by atoms with van der Waals surface area (Å²) in [5, 5.41) is 6.16. The molecule has 0 unspecified atom stereocenters. The minimum Gasteiger partial charge on any atom is -0.355 e. The number of likely N-dealkylation sites (tertiary alicyclic amines) is 1. The number of hydrogen-bond acceptors (Lipinski definition) is 4. The third-order valence-electron chi connectivity index (χ3n) is 4.86. The molecule has 1 aliphatic heterocycles. The normalized spacial score (nSPS) is 17.5. The number of hydrogen-bond donors (Lipinski definition) is 1. The van der Waals surface area contributed by atoms with E-state index in [-0.39, 0.29) is 11.3 Å². The van der Waals surface area contributed by atoms with Crippen LogP contribution in [-0.4, -0.2) is 35.4 Å². The van der Waals surface area contributed by atoms with Gasteiger partial charge in [-0.25, -0.2) is 4.98 Å². The summed E-state index contributed by atoms with van der Waals surface area (Å²) in [5.74, 6) is 0.193. The molecule has 128 valence electrons. The van der Waals surface area contributed by atoms with Crippen LogP contribution in [0.5, 0.6) is 0 Å². The van der Waals surface area contributed by atoms with Gasteiger partial charge in [0.2, 0.25) is 5.91 Å². The fourth-order valence-electron chi connectivity index (χ4n) is 3.15. The first kappa shape index (κ1) is 17.1. The molecule has 2 aromatic rings. The van der Waals surface area contributed by atoms with Crippen molar-refractivity contribution in [3.05, 3.63) is 52.5 Å². The largest absolute Gasteiger partial charge is 0.355 e. The molecule has 1 amide bonds. The van der Waals surface area contributed by atoms with Crippen LogP contribution in [-0.2, 0) is 17.8 Å². The average molecular weight is 343 g/mol. The number of thiazole rings is 1. The molecule has 1 saturated heterocycles. The molecule has 24 heavy (non-hydrogen) atoms. The molecule has 1 aliphatic rings. The zero-order chi connectivity index (χ0) is 16.8. The summed E-state index contributed by atoms with van der Waals surface area (Å²) >= 11 is 1.64. The third-order valence-corrected chi connectivity index (χ3v) is 5.70.